The van der Waals surface area contributed by atoms with Crippen LogP contribution in [0.2, 0.25) is 0 Å². The second kappa shape index (κ2) is 8.79. The molecule has 0 saturated carbocycles. The van der Waals surface area contributed by atoms with Gasteiger partial charge >= 0.3 is 0 Å². The van der Waals surface area contributed by atoms with E-state index < -0.39 is 0 Å². The number of halogens is 1. The molecule has 2 aromatic heterocycles. The molecule has 2 heterocycles. The smallest absolute Gasteiger partial charge is 0.277 e. The molecule has 0 radical (unpaired) electrons. The number of para-hydroxylation sites is 1. The molecule has 5 nitrogen and oxygen atoms in total. The summed E-state index contributed by atoms with van der Waals surface area (Å²) in [6.07, 6.45) is 7.07. The molecule has 0 amide bonds. The molecule has 0 N–H and O–H groups in total. The van der Waals surface area contributed by atoms with Gasteiger partial charge in [-0.2, -0.15) is 4.98 Å². The van der Waals surface area contributed by atoms with Crippen LogP contribution in [0.3, 0.4) is 0 Å². The number of nitrogens with zero attached hydrogens (tertiary/aromatic N) is 4. The van der Waals surface area contributed by atoms with Crippen LogP contribution in [-0.2, 0) is 12.2 Å². The molecule has 0 saturated heterocycles. The summed E-state index contributed by atoms with van der Waals surface area (Å²) >= 11 is 1.43. The normalized spacial score (nSPS) is 10.8. The van der Waals surface area contributed by atoms with E-state index in [1.807, 2.05) is 41.1 Å². The van der Waals surface area contributed by atoms with Gasteiger partial charge in [-0.05, 0) is 35.4 Å². The largest absolute Gasteiger partial charge is 0.296 e. The zero-order valence-corrected chi connectivity index (χ0v) is 16.2. The summed E-state index contributed by atoms with van der Waals surface area (Å²) in [6, 6.07) is 16.1. The zero-order valence-electron chi connectivity index (χ0n) is 15.4. The van der Waals surface area contributed by atoms with Crippen LogP contribution >= 0.6 is 11.8 Å². The van der Waals surface area contributed by atoms with Crippen molar-refractivity contribution < 1.29 is 4.39 Å². The Balaban J connectivity index is 1.68. The third kappa shape index (κ3) is 4.75. The summed E-state index contributed by atoms with van der Waals surface area (Å²) in [5, 5.41) is 0.582. The Morgan fingerprint density at radius 1 is 0.931 bits per heavy atom. The molecule has 0 aliphatic rings. The van der Waals surface area contributed by atoms with Gasteiger partial charge in [0, 0.05) is 42.0 Å². The molecular formula is C22H17FN4OS. The highest BCUT2D eigenvalue weighted by atomic mass is 32.2. The van der Waals surface area contributed by atoms with Gasteiger partial charge in [-0.3, -0.25) is 9.36 Å². The monoisotopic (exact) mass is 404 g/mol. The van der Waals surface area contributed by atoms with Crippen molar-refractivity contribution in [2.45, 2.75) is 17.3 Å². The SMILES string of the molecule is O=c1nc(SCc2ccc(F)cc2)n(-c2ccccc2)cc1Cc1cncnc1. The van der Waals surface area contributed by atoms with Gasteiger partial charge < -0.3 is 0 Å². The molecule has 4 rings (SSSR count). The fraction of sp³-hybridized carbons (Fsp3) is 0.0909. The Hall–Kier alpha value is -3.32. The maximum absolute atomic E-state index is 13.1. The third-order valence-electron chi connectivity index (χ3n) is 4.29. The molecule has 0 unspecified atom stereocenters. The van der Waals surface area contributed by atoms with E-state index in [4.69, 9.17) is 0 Å². The molecule has 29 heavy (non-hydrogen) atoms. The average Bonchev–Trinajstić information content (AvgIpc) is 2.76. The zero-order chi connectivity index (χ0) is 20.1. The standard InChI is InChI=1S/C22H17FN4OS/c23-19-8-6-16(7-9-19)14-29-22-26-21(28)18(10-17-11-24-15-25-12-17)13-27(22)20-4-2-1-3-5-20/h1-9,11-13,15H,10,14H2. The number of benzene rings is 2. The first-order valence-corrected chi connectivity index (χ1v) is 9.97. The molecule has 0 aliphatic carbocycles. The summed E-state index contributed by atoms with van der Waals surface area (Å²) in [5.41, 5.74) is 3.00. The first kappa shape index (κ1) is 19.0. The van der Waals surface area contributed by atoms with Crippen molar-refractivity contribution in [3.05, 3.63) is 112 Å². The topological polar surface area (TPSA) is 60.7 Å². The van der Waals surface area contributed by atoms with E-state index >= 15 is 0 Å². The van der Waals surface area contributed by atoms with Gasteiger partial charge in [0.15, 0.2) is 5.16 Å². The average molecular weight is 404 g/mol. The minimum atomic E-state index is -0.275. The Kier molecular flexibility index (Phi) is 5.76. The van der Waals surface area contributed by atoms with Crippen LogP contribution in [0.25, 0.3) is 5.69 Å². The Morgan fingerprint density at radius 3 is 2.38 bits per heavy atom. The minimum absolute atomic E-state index is 0.271. The Bertz CT molecular complexity index is 1150. The van der Waals surface area contributed by atoms with Gasteiger partial charge in [0.1, 0.15) is 12.1 Å². The second-order valence-electron chi connectivity index (χ2n) is 6.40. The van der Waals surface area contributed by atoms with Crippen LogP contribution in [0.5, 0.6) is 0 Å². The molecule has 7 heteroatoms. The molecule has 0 bridgehead atoms. The lowest BCUT2D eigenvalue weighted by Crippen LogP contribution is -2.19. The van der Waals surface area contributed by atoms with Gasteiger partial charge in [0.2, 0.25) is 0 Å². The van der Waals surface area contributed by atoms with Crippen LogP contribution in [0, 0.1) is 5.82 Å². The van der Waals surface area contributed by atoms with Crippen LogP contribution in [-0.4, -0.2) is 19.5 Å². The molecule has 2 aromatic carbocycles. The van der Waals surface area contributed by atoms with Crippen molar-refractivity contribution in [3.63, 3.8) is 0 Å². The van der Waals surface area contributed by atoms with Gasteiger partial charge in [-0.15, -0.1) is 0 Å². The lowest BCUT2D eigenvalue weighted by molar-refractivity contribution is 0.627. The lowest BCUT2D eigenvalue weighted by atomic mass is 10.1. The lowest BCUT2D eigenvalue weighted by Gasteiger charge is -2.14. The molecular weight excluding hydrogens is 387 g/mol. The first-order chi connectivity index (χ1) is 14.2. The summed E-state index contributed by atoms with van der Waals surface area (Å²) < 4.78 is 15.0. The molecule has 0 fully saturated rings. The number of hydrogen-bond acceptors (Lipinski definition) is 5. The van der Waals surface area contributed by atoms with E-state index in [1.54, 1.807) is 24.5 Å². The van der Waals surface area contributed by atoms with Crippen molar-refractivity contribution in [3.8, 4) is 5.69 Å². The predicted molar refractivity (Wildman–Crippen MR) is 111 cm³/mol. The van der Waals surface area contributed by atoms with E-state index in [0.29, 0.717) is 22.9 Å². The summed E-state index contributed by atoms with van der Waals surface area (Å²) in [7, 11) is 0. The van der Waals surface area contributed by atoms with Crippen molar-refractivity contribution >= 4 is 11.8 Å². The summed E-state index contributed by atoms with van der Waals surface area (Å²) in [6.45, 7) is 0. The van der Waals surface area contributed by atoms with E-state index in [2.05, 4.69) is 15.0 Å². The van der Waals surface area contributed by atoms with E-state index in [-0.39, 0.29) is 11.4 Å². The minimum Gasteiger partial charge on any atom is -0.296 e. The second-order valence-corrected chi connectivity index (χ2v) is 7.34. The van der Waals surface area contributed by atoms with E-state index in [0.717, 1.165) is 16.8 Å². The molecule has 144 valence electrons. The highest BCUT2D eigenvalue weighted by Crippen LogP contribution is 2.24. The maximum atomic E-state index is 13.1. The van der Waals surface area contributed by atoms with Crippen LogP contribution in [0.15, 0.2) is 89.5 Å². The number of hydrogen-bond donors (Lipinski definition) is 0. The molecule has 4 aromatic rings. The van der Waals surface area contributed by atoms with Crippen LogP contribution in [0.4, 0.5) is 4.39 Å². The van der Waals surface area contributed by atoms with Crippen molar-refractivity contribution in [2.24, 2.45) is 0 Å². The maximum Gasteiger partial charge on any atom is 0.277 e. The van der Waals surface area contributed by atoms with Crippen molar-refractivity contribution in [1.82, 2.24) is 19.5 Å². The van der Waals surface area contributed by atoms with Gasteiger partial charge in [-0.1, -0.05) is 42.1 Å². The predicted octanol–water partition coefficient (Wildman–Crippen LogP) is 4.04. The van der Waals surface area contributed by atoms with Crippen LogP contribution < -0.4 is 5.56 Å². The van der Waals surface area contributed by atoms with Gasteiger partial charge in [0.05, 0.1) is 0 Å². The molecule has 0 atom stereocenters. The number of thioether (sulfide) groups is 1. The van der Waals surface area contributed by atoms with E-state index in [1.165, 1.54) is 30.2 Å². The Labute approximate surface area is 171 Å². The molecule has 0 spiro atoms. The van der Waals surface area contributed by atoms with Crippen molar-refractivity contribution in [1.29, 1.82) is 0 Å². The fourth-order valence-electron chi connectivity index (χ4n) is 2.85. The quantitative estimate of drug-likeness (QED) is 0.358. The van der Waals surface area contributed by atoms with Crippen LogP contribution in [0.1, 0.15) is 16.7 Å². The highest BCUT2D eigenvalue weighted by Gasteiger charge is 2.12. The van der Waals surface area contributed by atoms with Gasteiger partial charge in [-0.25, -0.2) is 14.4 Å². The fourth-order valence-corrected chi connectivity index (χ4v) is 3.78. The highest BCUT2D eigenvalue weighted by molar-refractivity contribution is 7.98. The number of rotatable bonds is 6. The Morgan fingerprint density at radius 2 is 1.66 bits per heavy atom. The number of aromatic nitrogens is 4. The van der Waals surface area contributed by atoms with E-state index in [9.17, 15) is 9.18 Å². The van der Waals surface area contributed by atoms with Gasteiger partial charge in [0.25, 0.3) is 5.56 Å². The third-order valence-corrected chi connectivity index (χ3v) is 5.31. The first-order valence-electron chi connectivity index (χ1n) is 8.98. The van der Waals surface area contributed by atoms with Crippen molar-refractivity contribution in [2.75, 3.05) is 0 Å². The summed E-state index contributed by atoms with van der Waals surface area (Å²) in [5.74, 6) is 0.304. The summed E-state index contributed by atoms with van der Waals surface area (Å²) in [4.78, 5) is 25.0. The molecule has 0 aliphatic heterocycles.